The Morgan fingerprint density at radius 3 is 2.62 bits per heavy atom. The van der Waals surface area contributed by atoms with Crippen molar-refractivity contribution < 1.29 is 23.5 Å². The summed E-state index contributed by atoms with van der Waals surface area (Å²) in [5, 5.41) is 0. The van der Waals surface area contributed by atoms with E-state index in [4.69, 9.17) is 9.47 Å². The fraction of sp³-hybridized carbons (Fsp3) is 0.333. The van der Waals surface area contributed by atoms with Gasteiger partial charge < -0.3 is 14.4 Å². The summed E-state index contributed by atoms with van der Waals surface area (Å²) >= 11 is 3.76. The summed E-state index contributed by atoms with van der Waals surface area (Å²) in [5.74, 6) is 1.07. The summed E-state index contributed by atoms with van der Waals surface area (Å²) in [6.45, 7) is 0.0916. The van der Waals surface area contributed by atoms with Gasteiger partial charge in [-0.2, -0.15) is 0 Å². The first-order chi connectivity index (χ1) is 14.1. The maximum atomic E-state index is 14.0. The Morgan fingerprint density at radius 2 is 1.90 bits per heavy atom. The van der Waals surface area contributed by atoms with Crippen LogP contribution in [0.5, 0.6) is 11.5 Å². The molecule has 0 N–H and O–H groups in total. The van der Waals surface area contributed by atoms with Crippen molar-refractivity contribution in [3.63, 3.8) is 0 Å². The van der Waals surface area contributed by atoms with Gasteiger partial charge in [-0.05, 0) is 29.8 Å². The molecule has 2 aromatic rings. The minimum atomic E-state index is -0.660. The van der Waals surface area contributed by atoms with Crippen molar-refractivity contribution in [2.24, 2.45) is 5.92 Å². The summed E-state index contributed by atoms with van der Waals surface area (Å²) in [6.07, 6.45) is -0.0110. The Morgan fingerprint density at radius 1 is 1.14 bits per heavy atom. The van der Waals surface area contributed by atoms with Crippen molar-refractivity contribution in [2.75, 3.05) is 30.1 Å². The van der Waals surface area contributed by atoms with Gasteiger partial charge in [-0.15, -0.1) is 23.5 Å². The number of nitrogens with zero attached hydrogens (tertiary/aromatic N) is 1. The number of benzene rings is 2. The molecule has 152 valence electrons. The number of esters is 1. The molecule has 0 aliphatic carbocycles. The van der Waals surface area contributed by atoms with E-state index in [0.717, 1.165) is 17.1 Å². The van der Waals surface area contributed by atoms with Crippen molar-refractivity contribution in [1.29, 1.82) is 0 Å². The zero-order valence-corrected chi connectivity index (χ0v) is 17.4. The second-order valence-corrected chi connectivity index (χ2v) is 9.49. The van der Waals surface area contributed by atoms with E-state index < -0.39 is 17.7 Å². The highest BCUT2D eigenvalue weighted by Gasteiger charge is 2.37. The summed E-state index contributed by atoms with van der Waals surface area (Å²) in [4.78, 5) is 26.3. The van der Waals surface area contributed by atoms with E-state index in [1.54, 1.807) is 18.2 Å². The first-order valence-corrected chi connectivity index (χ1v) is 11.3. The molecule has 1 amide bonds. The lowest BCUT2D eigenvalue weighted by Crippen LogP contribution is -2.28. The average Bonchev–Trinajstić information content (AvgIpc) is 3.39. The van der Waals surface area contributed by atoms with Crippen LogP contribution in [0, 0.1) is 11.7 Å². The molecule has 0 spiro atoms. The van der Waals surface area contributed by atoms with Gasteiger partial charge >= 0.3 is 5.97 Å². The van der Waals surface area contributed by atoms with Crippen LogP contribution in [0.3, 0.4) is 0 Å². The van der Waals surface area contributed by atoms with Gasteiger partial charge in [0.25, 0.3) is 0 Å². The predicted octanol–water partition coefficient (Wildman–Crippen LogP) is 4.27. The van der Waals surface area contributed by atoms with Crippen molar-refractivity contribution in [1.82, 2.24) is 0 Å². The zero-order chi connectivity index (χ0) is 20.4. The van der Waals surface area contributed by atoms with Crippen LogP contribution in [0.2, 0.25) is 0 Å². The minimum absolute atomic E-state index is 0.0110. The summed E-state index contributed by atoms with van der Waals surface area (Å²) < 4.78 is 25.3. The Balaban J connectivity index is 1.47. The molecule has 2 saturated heterocycles. The van der Waals surface area contributed by atoms with Crippen LogP contribution in [0.15, 0.2) is 42.5 Å². The van der Waals surface area contributed by atoms with Crippen molar-refractivity contribution in [2.45, 2.75) is 11.0 Å². The molecule has 2 aliphatic heterocycles. The van der Waals surface area contributed by atoms with Crippen molar-refractivity contribution >= 4 is 41.1 Å². The molecule has 2 fully saturated rings. The third-order valence-electron chi connectivity index (χ3n) is 4.89. The lowest BCUT2D eigenvalue weighted by Gasteiger charge is -2.17. The third-order valence-corrected chi connectivity index (χ3v) is 8.00. The highest BCUT2D eigenvalue weighted by Crippen LogP contribution is 2.47. The fourth-order valence-electron chi connectivity index (χ4n) is 3.43. The number of para-hydroxylation sites is 1. The maximum Gasteiger partial charge on any atom is 0.316 e. The first kappa shape index (κ1) is 20.1. The summed E-state index contributed by atoms with van der Waals surface area (Å²) in [7, 11) is 1.53. The smallest absolute Gasteiger partial charge is 0.316 e. The molecular formula is C21H20FNO4S2. The molecule has 8 heteroatoms. The number of methoxy groups -OCH3 is 1. The van der Waals surface area contributed by atoms with Gasteiger partial charge in [0, 0.05) is 24.5 Å². The van der Waals surface area contributed by atoms with Gasteiger partial charge in [-0.3, -0.25) is 9.59 Å². The lowest BCUT2D eigenvalue weighted by molar-refractivity contribution is -0.139. The normalized spacial score (nSPS) is 19.6. The largest absolute Gasteiger partial charge is 0.493 e. The number of rotatable bonds is 5. The van der Waals surface area contributed by atoms with Crippen LogP contribution >= 0.6 is 23.5 Å². The molecular weight excluding hydrogens is 413 g/mol. The van der Waals surface area contributed by atoms with E-state index in [-0.39, 0.29) is 24.6 Å². The molecule has 0 radical (unpaired) electrons. The SMILES string of the molecule is COc1cc(C2SCCS2)ccc1OC(=O)[C@H]1CC(=O)N(c2ccccc2F)C1. The van der Waals surface area contributed by atoms with Gasteiger partial charge in [0.2, 0.25) is 5.91 Å². The molecule has 5 nitrogen and oxygen atoms in total. The van der Waals surface area contributed by atoms with Gasteiger partial charge in [0.05, 0.1) is 23.3 Å². The molecule has 4 rings (SSSR count). The third kappa shape index (κ3) is 4.23. The Labute approximate surface area is 176 Å². The van der Waals surface area contributed by atoms with Crippen LogP contribution < -0.4 is 14.4 Å². The monoisotopic (exact) mass is 433 g/mol. The van der Waals surface area contributed by atoms with Crippen molar-refractivity contribution in [3.8, 4) is 11.5 Å². The number of carbonyl (C=O) groups excluding carboxylic acids is 2. The maximum absolute atomic E-state index is 14.0. The zero-order valence-electron chi connectivity index (χ0n) is 15.8. The van der Waals surface area contributed by atoms with Crippen LogP contribution in [0.4, 0.5) is 10.1 Å². The van der Waals surface area contributed by atoms with Gasteiger partial charge in [0.1, 0.15) is 5.82 Å². The fourth-order valence-corrected chi connectivity index (χ4v) is 6.26. The van der Waals surface area contributed by atoms with E-state index in [1.807, 2.05) is 35.7 Å². The van der Waals surface area contributed by atoms with Crippen LogP contribution in [0.25, 0.3) is 0 Å². The highest BCUT2D eigenvalue weighted by atomic mass is 32.2. The van der Waals surface area contributed by atoms with E-state index in [0.29, 0.717) is 16.1 Å². The number of halogens is 1. The Hall–Kier alpha value is -2.19. The number of anilines is 1. The molecule has 2 aromatic carbocycles. The first-order valence-electron chi connectivity index (χ1n) is 9.24. The quantitative estimate of drug-likeness (QED) is 0.519. The second-order valence-electron chi connectivity index (χ2n) is 6.76. The van der Waals surface area contributed by atoms with Gasteiger partial charge in [-0.1, -0.05) is 18.2 Å². The Kier molecular flexibility index (Phi) is 6.01. The van der Waals surface area contributed by atoms with Crippen LogP contribution in [-0.4, -0.2) is 37.0 Å². The van der Waals surface area contributed by atoms with E-state index in [9.17, 15) is 14.0 Å². The topological polar surface area (TPSA) is 55.8 Å². The van der Waals surface area contributed by atoms with Gasteiger partial charge in [0.15, 0.2) is 11.5 Å². The van der Waals surface area contributed by atoms with E-state index in [2.05, 4.69) is 0 Å². The molecule has 2 heterocycles. The molecule has 0 saturated carbocycles. The van der Waals surface area contributed by atoms with Crippen molar-refractivity contribution in [3.05, 3.63) is 53.8 Å². The summed E-state index contributed by atoms with van der Waals surface area (Å²) in [6, 6.07) is 11.6. The number of ether oxygens (including phenoxy) is 2. The summed E-state index contributed by atoms with van der Waals surface area (Å²) in [5.41, 5.74) is 1.30. The predicted molar refractivity (Wildman–Crippen MR) is 113 cm³/mol. The van der Waals surface area contributed by atoms with Crippen LogP contribution in [0.1, 0.15) is 16.6 Å². The molecule has 2 aliphatic rings. The average molecular weight is 434 g/mol. The molecule has 29 heavy (non-hydrogen) atoms. The molecule has 1 atom stereocenters. The highest BCUT2D eigenvalue weighted by molar-refractivity contribution is 8.19. The minimum Gasteiger partial charge on any atom is -0.493 e. The molecule has 0 aromatic heterocycles. The van der Waals surface area contributed by atoms with E-state index in [1.165, 1.54) is 24.1 Å². The van der Waals surface area contributed by atoms with Gasteiger partial charge in [-0.25, -0.2) is 4.39 Å². The lowest BCUT2D eigenvalue weighted by atomic mass is 10.1. The number of hydrogen-bond donors (Lipinski definition) is 0. The number of carbonyl (C=O) groups is 2. The van der Waals surface area contributed by atoms with Crippen LogP contribution in [-0.2, 0) is 9.59 Å². The van der Waals surface area contributed by atoms with E-state index >= 15 is 0 Å². The number of thioether (sulfide) groups is 2. The standard InChI is InChI=1S/C21H20FNO4S2/c1-26-18-10-13(21-28-8-9-29-21)6-7-17(18)27-20(25)14-11-19(24)23(12-14)16-5-3-2-4-15(16)22/h2-7,10,14,21H,8-9,11-12H2,1H3/t14-/m0/s1. The number of amides is 1. The Bertz CT molecular complexity index is 933. The molecule has 0 unspecified atom stereocenters. The number of hydrogen-bond acceptors (Lipinski definition) is 6. The molecule has 0 bridgehead atoms. The second kappa shape index (κ2) is 8.67.